The molecule has 0 aromatic heterocycles. The Balaban J connectivity index is 1.36. The highest BCUT2D eigenvalue weighted by molar-refractivity contribution is 8.15. The fourth-order valence-electron chi connectivity index (χ4n) is 4.70. The third-order valence-electron chi connectivity index (χ3n) is 7.06. The maximum atomic E-state index is 13.0. The van der Waals surface area contributed by atoms with Gasteiger partial charge in [-0.05, 0) is 76.8 Å². The van der Waals surface area contributed by atoms with Gasteiger partial charge in [0, 0.05) is 5.56 Å². The van der Waals surface area contributed by atoms with E-state index < -0.39 is 29.6 Å². The number of nitrogens with zero attached hydrogens (tertiary/aromatic N) is 1. The highest BCUT2D eigenvalue weighted by Crippen LogP contribution is 2.50. The third kappa shape index (κ3) is 6.28. The average Bonchev–Trinajstić information content (AvgIpc) is 3.17. The number of imide groups is 1. The largest absolute Gasteiger partial charge is 0.507 e. The molecule has 12 heteroatoms. The lowest BCUT2D eigenvalue weighted by Crippen LogP contribution is -2.48. The quantitative estimate of drug-likeness (QED) is 0.310. The summed E-state index contributed by atoms with van der Waals surface area (Å²) >= 11 is 0.919. The molecule has 2 atom stereocenters. The van der Waals surface area contributed by atoms with Gasteiger partial charge in [0.25, 0.3) is 5.24 Å². The Kier molecular flexibility index (Phi) is 9.09. The number of thioether (sulfide) groups is 1. The number of benzene rings is 2. The molecule has 2 aliphatic rings. The number of rotatable bonds is 11. The van der Waals surface area contributed by atoms with Crippen LogP contribution < -0.4 is 14.8 Å². The van der Waals surface area contributed by atoms with Gasteiger partial charge in [0.05, 0.1) is 30.7 Å². The Bertz CT molecular complexity index is 1320. The number of amides is 2. The molecule has 218 valence electrons. The van der Waals surface area contributed by atoms with Gasteiger partial charge in [0.2, 0.25) is 5.91 Å². The Morgan fingerprint density at radius 1 is 1.10 bits per heavy atom. The van der Waals surface area contributed by atoms with Crippen molar-refractivity contribution in [3.05, 3.63) is 46.5 Å². The predicted molar refractivity (Wildman–Crippen MR) is 155 cm³/mol. The van der Waals surface area contributed by atoms with Gasteiger partial charge in [0.1, 0.15) is 30.1 Å². The van der Waals surface area contributed by atoms with Crippen LogP contribution in [-0.2, 0) is 24.8 Å². The first-order chi connectivity index (χ1) is 18.9. The number of phenols is 1. The second-order valence-electron chi connectivity index (χ2n) is 10.2. The van der Waals surface area contributed by atoms with Crippen LogP contribution in [0, 0.1) is 20.8 Å². The molecule has 1 fully saturated rings. The Morgan fingerprint density at radius 3 is 2.38 bits per heavy atom. The van der Waals surface area contributed by atoms with E-state index in [4.69, 9.17) is 18.5 Å². The molecule has 1 saturated heterocycles. The molecule has 2 amide bonds. The van der Waals surface area contributed by atoms with Gasteiger partial charge >= 0.3 is 7.60 Å². The molecular formula is C28H37N2O8PS. The smallest absolute Gasteiger partial charge is 0.350 e. The van der Waals surface area contributed by atoms with Crippen molar-refractivity contribution < 1.29 is 37.8 Å². The fourth-order valence-corrected chi connectivity index (χ4v) is 7.46. The van der Waals surface area contributed by atoms with Crippen molar-refractivity contribution in [2.75, 3.05) is 38.0 Å². The summed E-state index contributed by atoms with van der Waals surface area (Å²) in [5.41, 5.74) is 3.47. The second kappa shape index (κ2) is 12.0. The Hall–Kier alpha value is -2.72. The molecule has 2 heterocycles. The monoisotopic (exact) mass is 592 g/mol. The zero-order valence-corrected chi connectivity index (χ0v) is 25.4. The van der Waals surface area contributed by atoms with E-state index in [1.807, 2.05) is 52.0 Å². The van der Waals surface area contributed by atoms with Crippen LogP contribution in [0.15, 0.2) is 24.3 Å². The van der Waals surface area contributed by atoms with E-state index in [9.17, 15) is 19.3 Å². The number of hydrogen-bond acceptors (Lipinski definition) is 10. The summed E-state index contributed by atoms with van der Waals surface area (Å²) in [7, 11) is -3.58. The highest BCUT2D eigenvalue weighted by Gasteiger charge is 2.44. The van der Waals surface area contributed by atoms with Gasteiger partial charge in [0.15, 0.2) is 5.60 Å². The van der Waals surface area contributed by atoms with Crippen LogP contribution in [-0.4, -0.2) is 64.7 Å². The van der Waals surface area contributed by atoms with Crippen LogP contribution in [0.2, 0.25) is 0 Å². The topological polar surface area (TPSA) is 124 Å². The summed E-state index contributed by atoms with van der Waals surface area (Å²) in [6, 6.07) is 7.36. The van der Waals surface area contributed by atoms with Crippen LogP contribution in [0.25, 0.3) is 0 Å². The number of nitrogens with one attached hydrogen (secondary N) is 1. The fraction of sp³-hybridized carbons (Fsp3) is 0.500. The van der Waals surface area contributed by atoms with Crippen LogP contribution in [0.4, 0.5) is 10.5 Å². The summed E-state index contributed by atoms with van der Waals surface area (Å²) in [5, 5.41) is 12.7. The second-order valence-corrected chi connectivity index (χ2v) is 13.4. The van der Waals surface area contributed by atoms with Crippen molar-refractivity contribution >= 4 is 36.2 Å². The van der Waals surface area contributed by atoms with Crippen molar-refractivity contribution in [2.24, 2.45) is 0 Å². The van der Waals surface area contributed by atoms with Gasteiger partial charge in [-0.25, -0.2) is 0 Å². The van der Waals surface area contributed by atoms with E-state index >= 15 is 0 Å². The van der Waals surface area contributed by atoms with E-state index in [0.29, 0.717) is 18.7 Å². The van der Waals surface area contributed by atoms with Crippen molar-refractivity contribution in [1.82, 2.24) is 4.90 Å². The zero-order chi connectivity index (χ0) is 29.2. The maximum absolute atomic E-state index is 13.0. The number of carbonyl (C=O) groups is 2. The maximum Gasteiger partial charge on any atom is 0.350 e. The highest BCUT2D eigenvalue weighted by atomic mass is 32.2. The van der Waals surface area contributed by atoms with Gasteiger partial charge in [-0.1, -0.05) is 23.9 Å². The van der Waals surface area contributed by atoms with Gasteiger partial charge in [-0.15, -0.1) is 0 Å². The average molecular weight is 593 g/mol. The molecule has 0 spiro atoms. The van der Waals surface area contributed by atoms with Gasteiger partial charge < -0.3 is 28.9 Å². The number of phenolic OH excluding ortho intramolecular Hbond substituents is 1. The lowest BCUT2D eigenvalue weighted by molar-refractivity contribution is -0.126. The molecule has 10 nitrogen and oxygen atoms in total. The minimum atomic E-state index is -3.58. The molecule has 2 aromatic rings. The van der Waals surface area contributed by atoms with E-state index in [0.717, 1.165) is 50.4 Å². The summed E-state index contributed by atoms with van der Waals surface area (Å²) in [5.74, 6) is 1.24. The van der Waals surface area contributed by atoms with Crippen LogP contribution >= 0.6 is 19.4 Å². The Labute approximate surface area is 239 Å². The van der Waals surface area contributed by atoms with E-state index in [2.05, 4.69) is 5.32 Å². The summed E-state index contributed by atoms with van der Waals surface area (Å²) in [4.78, 5) is 26.5. The molecule has 2 aliphatic heterocycles. The van der Waals surface area contributed by atoms with Crippen molar-refractivity contribution in [2.45, 2.75) is 58.8 Å². The molecule has 0 radical (unpaired) electrons. The first-order valence-electron chi connectivity index (χ1n) is 13.3. The summed E-state index contributed by atoms with van der Waals surface area (Å²) in [6.45, 7) is 12.1. The third-order valence-corrected chi connectivity index (χ3v) is 10.1. The molecule has 4 rings (SSSR count). The van der Waals surface area contributed by atoms with Gasteiger partial charge in [-0.2, -0.15) is 0 Å². The molecule has 0 saturated carbocycles. The van der Waals surface area contributed by atoms with E-state index in [1.54, 1.807) is 13.8 Å². The number of ether oxygens (including phenoxy) is 2. The van der Waals surface area contributed by atoms with Crippen LogP contribution in [0.5, 0.6) is 17.2 Å². The lowest BCUT2D eigenvalue weighted by atomic mass is 9.97. The standard InChI is InChI=1S/C28H37N2O8PS/c1-7-36-39(34,37-8-2)16-30-26(32)22(40-27(30)33)13-20-9-11-21(12-10-20)35-15-28(6)14-29-23-19(5)24(31)17(3)18(4)25(23)38-28/h9-12,22,29,31H,7-8,13-16H2,1-6H3. The molecule has 40 heavy (non-hydrogen) atoms. The molecule has 0 bridgehead atoms. The normalized spacial score (nSPS) is 20.8. The molecule has 2 aromatic carbocycles. The summed E-state index contributed by atoms with van der Waals surface area (Å²) < 4.78 is 35.8. The number of hydrogen-bond donors (Lipinski definition) is 2. The minimum absolute atomic E-state index is 0.150. The molecule has 2 unspecified atom stereocenters. The van der Waals surface area contributed by atoms with Crippen molar-refractivity contribution in [3.8, 4) is 17.2 Å². The Morgan fingerprint density at radius 2 is 1.75 bits per heavy atom. The van der Waals surface area contributed by atoms with Crippen molar-refractivity contribution in [1.29, 1.82) is 0 Å². The van der Waals surface area contributed by atoms with Gasteiger partial charge in [-0.3, -0.25) is 19.1 Å². The SMILES string of the molecule is CCOP(=O)(CN1C(=O)SC(Cc2ccc(OCC3(C)CNc4c(C)c(O)c(C)c(C)c4O3)cc2)C1=O)OCC. The minimum Gasteiger partial charge on any atom is -0.507 e. The van der Waals surface area contributed by atoms with Crippen LogP contribution in [0.1, 0.15) is 43.0 Å². The zero-order valence-electron chi connectivity index (χ0n) is 23.7. The van der Waals surface area contributed by atoms with E-state index in [-0.39, 0.29) is 31.9 Å². The number of carbonyl (C=O) groups excluding carboxylic acids is 2. The first-order valence-corrected chi connectivity index (χ1v) is 15.9. The predicted octanol–water partition coefficient (Wildman–Crippen LogP) is 5.79. The lowest BCUT2D eigenvalue weighted by Gasteiger charge is -2.38. The van der Waals surface area contributed by atoms with Crippen LogP contribution in [0.3, 0.4) is 0 Å². The van der Waals surface area contributed by atoms with Crippen molar-refractivity contribution in [3.63, 3.8) is 0 Å². The first kappa shape index (κ1) is 30.2. The summed E-state index contributed by atoms with van der Waals surface area (Å²) in [6.07, 6.45) is -0.0471. The number of anilines is 1. The molecule has 2 N–H and O–H groups in total. The number of aromatic hydroxyl groups is 1. The van der Waals surface area contributed by atoms with E-state index in [1.165, 1.54) is 0 Å². The molecular weight excluding hydrogens is 555 g/mol. The molecule has 0 aliphatic carbocycles. The number of fused-ring (bicyclic) bond motifs is 1.